The number of carbonyl (C=O) groups excluding carboxylic acids is 2. The summed E-state index contributed by atoms with van der Waals surface area (Å²) < 4.78 is 54.9. The van der Waals surface area contributed by atoms with Gasteiger partial charge in [0.15, 0.2) is 0 Å². The molecular weight excluding hydrogens is 540 g/mol. The topological polar surface area (TPSA) is 102 Å². The lowest BCUT2D eigenvalue weighted by molar-refractivity contribution is -0.137. The van der Waals surface area contributed by atoms with Gasteiger partial charge in [0.25, 0.3) is 11.8 Å². The monoisotopic (exact) mass is 564 g/mol. The molecule has 0 radical (unpaired) electrons. The second-order valence-corrected chi connectivity index (χ2v) is 9.18. The van der Waals surface area contributed by atoms with E-state index in [9.17, 15) is 32.4 Å². The van der Waals surface area contributed by atoms with Crippen LogP contribution in [0.15, 0.2) is 48.7 Å². The molecule has 1 N–H and O–H groups in total. The van der Waals surface area contributed by atoms with E-state index in [4.69, 9.17) is 0 Å². The van der Waals surface area contributed by atoms with Crippen LogP contribution in [0.25, 0.3) is 0 Å². The number of benzene rings is 1. The highest BCUT2D eigenvalue weighted by Gasteiger charge is 2.40. The highest BCUT2D eigenvalue weighted by Crippen LogP contribution is 2.38. The molecule has 4 rings (SSSR count). The first-order chi connectivity index (χ1) is 19.5. The molecule has 1 fully saturated rings. The number of nitrogens with zero attached hydrogens (tertiary/aromatic N) is 5. The summed E-state index contributed by atoms with van der Waals surface area (Å²) in [6.07, 6.45) is -2.59. The Balaban J connectivity index is 1.67. The van der Waals surface area contributed by atoms with Crippen molar-refractivity contribution in [3.63, 3.8) is 0 Å². The van der Waals surface area contributed by atoms with Crippen LogP contribution in [-0.4, -0.2) is 48.0 Å². The van der Waals surface area contributed by atoms with Crippen molar-refractivity contribution in [2.24, 2.45) is 0 Å². The Morgan fingerprint density at radius 3 is 2.54 bits per heavy atom. The molecule has 1 aliphatic heterocycles. The summed E-state index contributed by atoms with van der Waals surface area (Å²) in [4.78, 5) is 36.6. The fraction of sp³-hybridized carbons (Fsp3) is 0.276. The van der Waals surface area contributed by atoms with Gasteiger partial charge >= 0.3 is 6.18 Å². The molecular formula is C29H24F4N6O2. The average molecular weight is 565 g/mol. The molecule has 0 spiro atoms. The molecule has 1 saturated heterocycles. The van der Waals surface area contributed by atoms with Crippen LogP contribution in [0.5, 0.6) is 0 Å². The number of pyridine rings is 2. The Bertz CT molecular complexity index is 1550. The summed E-state index contributed by atoms with van der Waals surface area (Å²) in [5, 5.41) is 12.1. The zero-order valence-corrected chi connectivity index (χ0v) is 22.1. The first kappa shape index (κ1) is 29.0. The number of carbonyl (C=O) groups is 2. The van der Waals surface area contributed by atoms with Gasteiger partial charge in [-0.1, -0.05) is 11.8 Å². The molecule has 3 heterocycles. The minimum Gasteiger partial charge on any atom is -0.354 e. The Hall–Kier alpha value is -4.97. The normalized spacial score (nSPS) is 14.6. The molecule has 0 aliphatic carbocycles. The Morgan fingerprint density at radius 1 is 1.20 bits per heavy atom. The summed E-state index contributed by atoms with van der Waals surface area (Å²) in [5.41, 5.74) is -0.686. The molecule has 41 heavy (non-hydrogen) atoms. The van der Waals surface area contributed by atoms with Gasteiger partial charge in [-0.05, 0) is 62.2 Å². The van der Waals surface area contributed by atoms with Crippen molar-refractivity contribution in [3.8, 4) is 17.9 Å². The van der Waals surface area contributed by atoms with Crippen LogP contribution in [0.1, 0.15) is 45.7 Å². The number of alkyl halides is 3. The molecule has 210 valence electrons. The SMILES string of the molecule is CNC(=O)c1ccc(C#CCN(C(=O)[C@@H]2CCCN2c2nc(C)cc(C(F)(F)F)c2C#N)c2ccc(F)cc2)cn1. The van der Waals surface area contributed by atoms with E-state index in [1.807, 2.05) is 0 Å². The lowest BCUT2D eigenvalue weighted by atomic mass is 10.1. The van der Waals surface area contributed by atoms with Crippen LogP contribution in [0.4, 0.5) is 29.1 Å². The zero-order valence-electron chi connectivity index (χ0n) is 22.1. The third kappa shape index (κ3) is 6.44. The van der Waals surface area contributed by atoms with E-state index >= 15 is 0 Å². The summed E-state index contributed by atoms with van der Waals surface area (Å²) in [5.74, 6) is 4.19. The van der Waals surface area contributed by atoms with E-state index < -0.39 is 35.1 Å². The van der Waals surface area contributed by atoms with Crippen molar-refractivity contribution in [1.29, 1.82) is 5.26 Å². The number of amides is 2. The molecule has 1 aromatic carbocycles. The molecule has 1 aliphatic rings. The van der Waals surface area contributed by atoms with Crippen LogP contribution in [0, 0.1) is 35.9 Å². The van der Waals surface area contributed by atoms with Crippen molar-refractivity contribution in [2.75, 3.05) is 29.9 Å². The van der Waals surface area contributed by atoms with Gasteiger partial charge in [0.1, 0.15) is 35.0 Å². The fourth-order valence-electron chi connectivity index (χ4n) is 4.52. The van der Waals surface area contributed by atoms with Crippen LogP contribution in [-0.2, 0) is 11.0 Å². The highest BCUT2D eigenvalue weighted by molar-refractivity contribution is 6.00. The predicted molar refractivity (Wildman–Crippen MR) is 142 cm³/mol. The van der Waals surface area contributed by atoms with Crippen LogP contribution in [0.2, 0.25) is 0 Å². The van der Waals surface area contributed by atoms with Gasteiger partial charge in [-0.2, -0.15) is 18.4 Å². The summed E-state index contributed by atoms with van der Waals surface area (Å²) in [7, 11) is 1.48. The van der Waals surface area contributed by atoms with Crippen LogP contribution >= 0.6 is 0 Å². The third-order valence-electron chi connectivity index (χ3n) is 6.45. The van der Waals surface area contributed by atoms with Crippen molar-refractivity contribution < 1.29 is 27.2 Å². The maximum atomic E-state index is 13.9. The summed E-state index contributed by atoms with van der Waals surface area (Å²) >= 11 is 0. The van der Waals surface area contributed by atoms with Gasteiger partial charge in [0.05, 0.1) is 12.1 Å². The number of halogens is 4. The Labute approximate surface area is 233 Å². The molecule has 0 saturated carbocycles. The van der Waals surface area contributed by atoms with E-state index in [0.29, 0.717) is 24.1 Å². The van der Waals surface area contributed by atoms with Crippen LogP contribution in [0.3, 0.4) is 0 Å². The second kappa shape index (κ2) is 12.0. The lowest BCUT2D eigenvalue weighted by Crippen LogP contribution is -2.47. The number of rotatable bonds is 5. The van der Waals surface area contributed by atoms with E-state index in [0.717, 1.165) is 6.07 Å². The summed E-state index contributed by atoms with van der Waals surface area (Å²) in [6, 6.07) is 9.77. The number of nitrogens with one attached hydrogen (secondary N) is 1. The standard InChI is InChI=1S/C29H24F4N6O2/c1-18-15-23(29(31,32)33)22(16-34)26(37-18)39-14-4-6-25(39)28(41)38(21-10-8-20(30)9-11-21)13-3-5-19-7-12-24(36-17-19)27(40)35-2/h7-12,15,17,25H,4,6,13-14H2,1-2H3,(H,35,40)/t25-/m0/s1. The van der Waals surface area contributed by atoms with Gasteiger partial charge in [-0.15, -0.1) is 0 Å². The predicted octanol–water partition coefficient (Wildman–Crippen LogP) is 4.23. The molecule has 3 aromatic rings. The molecule has 0 unspecified atom stereocenters. The first-order valence-corrected chi connectivity index (χ1v) is 12.5. The molecule has 0 bridgehead atoms. The molecule has 2 amide bonds. The quantitative estimate of drug-likeness (QED) is 0.368. The highest BCUT2D eigenvalue weighted by atomic mass is 19.4. The van der Waals surface area contributed by atoms with Crippen molar-refractivity contribution >= 4 is 23.3 Å². The van der Waals surface area contributed by atoms with Gasteiger partial charge in [-0.3, -0.25) is 14.5 Å². The van der Waals surface area contributed by atoms with Crippen molar-refractivity contribution in [2.45, 2.75) is 32.0 Å². The van der Waals surface area contributed by atoms with Crippen molar-refractivity contribution in [3.05, 3.63) is 82.6 Å². The van der Waals surface area contributed by atoms with E-state index in [-0.39, 0.29) is 36.2 Å². The number of hydrogen-bond donors (Lipinski definition) is 1. The van der Waals surface area contributed by atoms with Crippen LogP contribution < -0.4 is 15.1 Å². The minimum atomic E-state index is -4.78. The fourth-order valence-corrected chi connectivity index (χ4v) is 4.52. The van der Waals surface area contributed by atoms with E-state index in [1.54, 1.807) is 12.1 Å². The van der Waals surface area contributed by atoms with Gasteiger partial charge in [0, 0.05) is 36.7 Å². The maximum absolute atomic E-state index is 13.9. The first-order valence-electron chi connectivity index (χ1n) is 12.5. The second-order valence-electron chi connectivity index (χ2n) is 9.18. The Morgan fingerprint density at radius 2 is 1.93 bits per heavy atom. The third-order valence-corrected chi connectivity index (χ3v) is 6.45. The number of anilines is 2. The molecule has 12 heteroatoms. The minimum absolute atomic E-state index is 0.0572. The molecule has 8 nitrogen and oxygen atoms in total. The number of nitriles is 1. The lowest BCUT2D eigenvalue weighted by Gasteiger charge is -2.31. The van der Waals surface area contributed by atoms with Gasteiger partial charge in [0.2, 0.25) is 0 Å². The van der Waals surface area contributed by atoms with E-state index in [2.05, 4.69) is 27.1 Å². The average Bonchev–Trinajstić information content (AvgIpc) is 3.44. The number of aromatic nitrogens is 2. The Kier molecular flexibility index (Phi) is 8.53. The van der Waals surface area contributed by atoms with Gasteiger partial charge < -0.3 is 10.2 Å². The smallest absolute Gasteiger partial charge is 0.354 e. The molecule has 2 aromatic heterocycles. The number of hydrogen-bond acceptors (Lipinski definition) is 6. The molecule has 1 atom stereocenters. The van der Waals surface area contributed by atoms with E-state index in [1.165, 1.54) is 60.3 Å². The van der Waals surface area contributed by atoms with Crippen molar-refractivity contribution in [1.82, 2.24) is 15.3 Å². The maximum Gasteiger partial charge on any atom is 0.417 e. The summed E-state index contributed by atoms with van der Waals surface area (Å²) in [6.45, 7) is 1.47. The number of aryl methyl sites for hydroxylation is 1. The van der Waals surface area contributed by atoms with Gasteiger partial charge in [-0.25, -0.2) is 14.4 Å². The largest absolute Gasteiger partial charge is 0.417 e. The zero-order chi connectivity index (χ0) is 29.7.